The third kappa shape index (κ3) is 5.41. The molecule has 5 nitrogen and oxygen atoms in total. The van der Waals surface area contributed by atoms with Crippen LogP contribution in [0.25, 0.3) is 11.3 Å². The fourth-order valence-electron chi connectivity index (χ4n) is 2.94. The van der Waals surface area contributed by atoms with Gasteiger partial charge in [0.05, 0.1) is 24.4 Å². The third-order valence-corrected chi connectivity index (χ3v) is 5.36. The summed E-state index contributed by atoms with van der Waals surface area (Å²) < 4.78 is 11.3. The SMILES string of the molecule is COc1cccc(Oc2cc(-c3ccccc3)nc(SCc3cccc(C#N)c3)n2)c1. The van der Waals surface area contributed by atoms with Gasteiger partial charge in [-0.3, -0.25) is 0 Å². The third-order valence-electron chi connectivity index (χ3n) is 4.44. The first kappa shape index (κ1) is 20.5. The van der Waals surface area contributed by atoms with E-state index in [1.165, 1.54) is 11.8 Å². The van der Waals surface area contributed by atoms with Crippen molar-refractivity contribution in [3.8, 4) is 34.7 Å². The molecule has 4 aromatic rings. The largest absolute Gasteiger partial charge is 0.497 e. The molecule has 0 spiro atoms. The van der Waals surface area contributed by atoms with Crippen LogP contribution in [-0.2, 0) is 5.75 Å². The van der Waals surface area contributed by atoms with Crippen LogP contribution in [0.5, 0.6) is 17.4 Å². The number of nitrogens with zero attached hydrogens (tertiary/aromatic N) is 3. The highest BCUT2D eigenvalue weighted by Crippen LogP contribution is 2.30. The van der Waals surface area contributed by atoms with E-state index >= 15 is 0 Å². The Kier molecular flexibility index (Phi) is 6.46. The second kappa shape index (κ2) is 9.79. The van der Waals surface area contributed by atoms with E-state index in [-0.39, 0.29) is 0 Å². The van der Waals surface area contributed by atoms with Gasteiger partial charge in [-0.2, -0.15) is 10.2 Å². The van der Waals surface area contributed by atoms with Gasteiger partial charge in [-0.1, -0.05) is 60.3 Å². The average Bonchev–Trinajstić information content (AvgIpc) is 2.83. The Balaban J connectivity index is 1.63. The molecule has 6 heteroatoms. The van der Waals surface area contributed by atoms with E-state index in [1.54, 1.807) is 13.2 Å². The van der Waals surface area contributed by atoms with Gasteiger partial charge in [0.25, 0.3) is 0 Å². The number of hydrogen-bond donors (Lipinski definition) is 0. The highest BCUT2D eigenvalue weighted by atomic mass is 32.2. The highest BCUT2D eigenvalue weighted by Gasteiger charge is 2.10. The Morgan fingerprint density at radius 3 is 2.48 bits per heavy atom. The van der Waals surface area contributed by atoms with Gasteiger partial charge in [-0.25, -0.2) is 4.98 Å². The molecule has 0 amide bonds. The van der Waals surface area contributed by atoms with E-state index in [1.807, 2.05) is 78.9 Å². The van der Waals surface area contributed by atoms with Crippen LogP contribution in [0.2, 0.25) is 0 Å². The number of ether oxygens (including phenoxy) is 2. The molecule has 1 heterocycles. The minimum atomic E-state index is 0.454. The Bertz CT molecular complexity index is 1220. The zero-order chi connectivity index (χ0) is 21.5. The molecule has 0 aliphatic heterocycles. The summed E-state index contributed by atoms with van der Waals surface area (Å²) in [4.78, 5) is 9.31. The summed E-state index contributed by atoms with van der Waals surface area (Å²) >= 11 is 1.50. The van der Waals surface area contributed by atoms with Gasteiger partial charge in [0.1, 0.15) is 11.5 Å². The summed E-state index contributed by atoms with van der Waals surface area (Å²) in [5.41, 5.74) is 3.43. The summed E-state index contributed by atoms with van der Waals surface area (Å²) in [6.45, 7) is 0. The van der Waals surface area contributed by atoms with E-state index < -0.39 is 0 Å². The lowest BCUT2D eigenvalue weighted by Crippen LogP contribution is -1.96. The van der Waals surface area contributed by atoms with Crippen molar-refractivity contribution in [3.63, 3.8) is 0 Å². The summed E-state index contributed by atoms with van der Waals surface area (Å²) in [5, 5.41) is 9.72. The van der Waals surface area contributed by atoms with E-state index in [0.717, 1.165) is 16.8 Å². The molecule has 1 aromatic heterocycles. The summed E-state index contributed by atoms with van der Waals surface area (Å²) in [6.07, 6.45) is 0. The molecular weight excluding hydrogens is 406 g/mol. The summed E-state index contributed by atoms with van der Waals surface area (Å²) in [5.74, 6) is 2.44. The standard InChI is InChI=1S/C25H19N3O2S/c1-29-21-11-6-12-22(14-21)30-24-15-23(20-9-3-2-4-10-20)27-25(28-24)31-17-19-8-5-7-18(13-19)16-26/h2-15H,17H2,1H3. The quantitative estimate of drug-likeness (QED) is 0.263. The van der Waals surface area contributed by atoms with Crippen LogP contribution in [0.3, 0.4) is 0 Å². The van der Waals surface area contributed by atoms with Gasteiger partial charge < -0.3 is 9.47 Å². The lowest BCUT2D eigenvalue weighted by Gasteiger charge is -2.10. The number of rotatable bonds is 7. The molecule has 0 fully saturated rings. The van der Waals surface area contributed by atoms with Gasteiger partial charge in [0, 0.05) is 23.4 Å². The number of aromatic nitrogens is 2. The molecule has 0 aliphatic carbocycles. The maximum atomic E-state index is 9.12. The molecule has 4 rings (SSSR count). The second-order valence-electron chi connectivity index (χ2n) is 6.62. The van der Waals surface area contributed by atoms with Crippen LogP contribution in [0.1, 0.15) is 11.1 Å². The van der Waals surface area contributed by atoms with Crippen LogP contribution in [-0.4, -0.2) is 17.1 Å². The molecule has 31 heavy (non-hydrogen) atoms. The number of methoxy groups -OCH3 is 1. The lowest BCUT2D eigenvalue weighted by molar-refractivity contribution is 0.406. The average molecular weight is 426 g/mol. The monoisotopic (exact) mass is 425 g/mol. The molecule has 3 aromatic carbocycles. The van der Waals surface area contributed by atoms with Crippen LogP contribution in [0, 0.1) is 11.3 Å². The van der Waals surface area contributed by atoms with Crippen molar-refractivity contribution < 1.29 is 9.47 Å². The number of benzene rings is 3. The smallest absolute Gasteiger partial charge is 0.223 e. The first-order valence-corrected chi connectivity index (χ1v) is 10.6. The molecule has 0 unspecified atom stereocenters. The Labute approximate surface area is 185 Å². The number of hydrogen-bond acceptors (Lipinski definition) is 6. The topological polar surface area (TPSA) is 68.0 Å². The maximum Gasteiger partial charge on any atom is 0.223 e. The van der Waals surface area contributed by atoms with Crippen LogP contribution >= 0.6 is 11.8 Å². The van der Waals surface area contributed by atoms with Crippen molar-refractivity contribution in [2.24, 2.45) is 0 Å². The van der Waals surface area contributed by atoms with Gasteiger partial charge in [-0.05, 0) is 29.8 Å². The summed E-state index contributed by atoms with van der Waals surface area (Å²) in [7, 11) is 1.62. The van der Waals surface area contributed by atoms with E-state index in [0.29, 0.717) is 33.9 Å². The highest BCUT2D eigenvalue weighted by molar-refractivity contribution is 7.98. The molecular formula is C25H19N3O2S. The van der Waals surface area contributed by atoms with Gasteiger partial charge in [0.2, 0.25) is 5.88 Å². The first-order chi connectivity index (χ1) is 15.2. The molecule has 0 saturated heterocycles. The summed E-state index contributed by atoms with van der Waals surface area (Å²) in [6, 6.07) is 28.8. The van der Waals surface area contributed by atoms with Crippen LogP contribution in [0.15, 0.2) is 90.1 Å². The molecule has 152 valence electrons. The minimum Gasteiger partial charge on any atom is -0.497 e. The van der Waals surface area contributed by atoms with Crippen molar-refractivity contribution in [1.29, 1.82) is 5.26 Å². The Hall–Kier alpha value is -3.82. The molecule has 0 atom stereocenters. The lowest BCUT2D eigenvalue weighted by atomic mass is 10.1. The fourth-order valence-corrected chi connectivity index (χ4v) is 3.73. The van der Waals surface area contributed by atoms with E-state index in [2.05, 4.69) is 11.1 Å². The second-order valence-corrected chi connectivity index (χ2v) is 7.56. The fraction of sp³-hybridized carbons (Fsp3) is 0.0800. The zero-order valence-electron chi connectivity index (χ0n) is 16.9. The molecule has 0 N–H and O–H groups in total. The van der Waals surface area contributed by atoms with Crippen molar-refractivity contribution in [2.45, 2.75) is 10.9 Å². The van der Waals surface area contributed by atoms with Crippen LogP contribution < -0.4 is 9.47 Å². The molecule has 0 aliphatic rings. The predicted octanol–water partition coefficient (Wildman–Crippen LogP) is 6.11. The van der Waals surface area contributed by atoms with Gasteiger partial charge >= 0.3 is 0 Å². The van der Waals surface area contributed by atoms with Crippen molar-refractivity contribution in [3.05, 3.63) is 96.1 Å². The Morgan fingerprint density at radius 1 is 0.871 bits per heavy atom. The van der Waals surface area contributed by atoms with Gasteiger partial charge in [-0.15, -0.1) is 0 Å². The predicted molar refractivity (Wildman–Crippen MR) is 121 cm³/mol. The minimum absolute atomic E-state index is 0.454. The molecule has 0 bridgehead atoms. The maximum absolute atomic E-state index is 9.12. The normalized spacial score (nSPS) is 10.3. The molecule has 0 radical (unpaired) electrons. The zero-order valence-corrected chi connectivity index (χ0v) is 17.7. The molecule has 0 saturated carbocycles. The number of thioether (sulfide) groups is 1. The van der Waals surface area contributed by atoms with E-state index in [9.17, 15) is 0 Å². The van der Waals surface area contributed by atoms with Gasteiger partial charge in [0.15, 0.2) is 5.16 Å². The van der Waals surface area contributed by atoms with E-state index in [4.69, 9.17) is 19.7 Å². The Morgan fingerprint density at radius 2 is 1.68 bits per heavy atom. The first-order valence-electron chi connectivity index (χ1n) is 9.62. The van der Waals surface area contributed by atoms with Crippen molar-refractivity contribution in [1.82, 2.24) is 9.97 Å². The van der Waals surface area contributed by atoms with Crippen molar-refractivity contribution >= 4 is 11.8 Å². The number of nitriles is 1. The van der Waals surface area contributed by atoms with Crippen LogP contribution in [0.4, 0.5) is 0 Å². The van der Waals surface area contributed by atoms with Crippen molar-refractivity contribution in [2.75, 3.05) is 7.11 Å².